The van der Waals surface area contributed by atoms with Crippen LogP contribution in [0, 0.1) is 6.92 Å². The molecular weight excluding hydrogens is 292 g/mol. The normalized spacial score (nSPS) is 16.9. The Balaban J connectivity index is 2.13. The monoisotopic (exact) mass is 312 g/mol. The number of carboxylic acids is 1. The summed E-state index contributed by atoms with van der Waals surface area (Å²) in [5.41, 5.74) is 0.0499. The van der Waals surface area contributed by atoms with E-state index in [9.17, 15) is 9.59 Å². The van der Waals surface area contributed by atoms with E-state index in [-0.39, 0.29) is 12.3 Å². The van der Waals surface area contributed by atoms with E-state index in [0.717, 1.165) is 17.8 Å². The van der Waals surface area contributed by atoms with Crippen molar-refractivity contribution in [2.45, 2.75) is 51.2 Å². The smallest absolute Gasteiger partial charge is 0.305 e. The first-order chi connectivity index (χ1) is 9.96. The van der Waals surface area contributed by atoms with Crippen LogP contribution in [0.15, 0.2) is 0 Å². The van der Waals surface area contributed by atoms with E-state index in [1.54, 1.807) is 14.0 Å². The molecule has 0 saturated heterocycles. The second kappa shape index (κ2) is 6.53. The number of carbonyl (C=O) groups is 2. The number of thiazole rings is 1. The van der Waals surface area contributed by atoms with Crippen LogP contribution >= 0.6 is 11.3 Å². The van der Waals surface area contributed by atoms with E-state index in [1.165, 1.54) is 11.3 Å². The Hall–Kier alpha value is -1.47. The summed E-state index contributed by atoms with van der Waals surface area (Å²) in [5, 5.41) is 12.8. The third kappa shape index (κ3) is 3.79. The highest BCUT2D eigenvalue weighted by Crippen LogP contribution is 2.33. The van der Waals surface area contributed by atoms with E-state index >= 15 is 0 Å². The third-order valence-corrected chi connectivity index (χ3v) is 4.87. The molecule has 6 nitrogen and oxygen atoms in total. The van der Waals surface area contributed by atoms with E-state index in [2.05, 4.69) is 10.3 Å². The molecule has 0 radical (unpaired) electrons. The first kappa shape index (κ1) is 15.9. The molecule has 0 spiro atoms. The van der Waals surface area contributed by atoms with Crippen molar-refractivity contribution in [3.05, 3.63) is 15.6 Å². The number of hydrogen-bond donors (Lipinski definition) is 2. The molecule has 1 saturated carbocycles. The summed E-state index contributed by atoms with van der Waals surface area (Å²) in [7, 11) is 1.58. The number of rotatable bonds is 6. The van der Waals surface area contributed by atoms with Crippen molar-refractivity contribution in [2.24, 2.45) is 0 Å². The average molecular weight is 312 g/mol. The standard InChI is InChI=1S/C14H20N2O4S/c1-9-12(21-10(15-9)8-20-2)13(19)16-14(7-11(17)18)5-3-4-6-14/h3-8H2,1-2H3,(H,16,19)(H,17,18). The number of carboxylic acid groups (broad SMARTS) is 1. The SMILES string of the molecule is COCc1nc(C)c(C(=O)NC2(CC(=O)O)CCCC2)s1. The summed E-state index contributed by atoms with van der Waals surface area (Å²) in [6.45, 7) is 2.15. The van der Waals surface area contributed by atoms with Crippen molar-refractivity contribution in [1.82, 2.24) is 10.3 Å². The van der Waals surface area contributed by atoms with Gasteiger partial charge in [-0.15, -0.1) is 11.3 Å². The van der Waals surface area contributed by atoms with Gasteiger partial charge in [0.05, 0.1) is 24.3 Å². The first-order valence-electron chi connectivity index (χ1n) is 6.95. The quantitative estimate of drug-likeness (QED) is 0.840. The lowest BCUT2D eigenvalue weighted by atomic mass is 9.93. The van der Waals surface area contributed by atoms with Crippen LogP contribution in [0.3, 0.4) is 0 Å². The Labute approximate surface area is 127 Å². The molecule has 1 heterocycles. The van der Waals surface area contributed by atoms with Crippen LogP contribution in [0.5, 0.6) is 0 Å². The summed E-state index contributed by atoms with van der Waals surface area (Å²) in [6.07, 6.45) is 3.30. The Bertz CT molecular complexity index is 535. The minimum atomic E-state index is -0.877. The maximum absolute atomic E-state index is 12.5. The van der Waals surface area contributed by atoms with Gasteiger partial charge in [0.15, 0.2) is 0 Å². The maximum Gasteiger partial charge on any atom is 0.305 e. The molecule has 1 aliphatic carbocycles. The number of methoxy groups -OCH3 is 1. The molecule has 1 fully saturated rings. The second-order valence-corrected chi connectivity index (χ2v) is 6.55. The Kier molecular flexibility index (Phi) is 4.95. The minimum Gasteiger partial charge on any atom is -0.481 e. The number of hydrogen-bond acceptors (Lipinski definition) is 5. The van der Waals surface area contributed by atoms with Crippen LogP contribution < -0.4 is 5.32 Å². The highest BCUT2D eigenvalue weighted by atomic mass is 32.1. The molecule has 116 valence electrons. The van der Waals surface area contributed by atoms with Gasteiger partial charge in [0, 0.05) is 7.11 Å². The molecule has 1 aromatic rings. The Morgan fingerprint density at radius 2 is 2.10 bits per heavy atom. The summed E-state index contributed by atoms with van der Waals surface area (Å²) in [6, 6.07) is 0. The van der Waals surface area contributed by atoms with Crippen LogP contribution in [0.25, 0.3) is 0 Å². The Morgan fingerprint density at radius 3 is 2.67 bits per heavy atom. The summed E-state index contributed by atoms with van der Waals surface area (Å²) >= 11 is 1.30. The number of carbonyl (C=O) groups excluding carboxylic acids is 1. The topological polar surface area (TPSA) is 88.5 Å². The van der Waals surface area contributed by atoms with Crippen LogP contribution in [-0.4, -0.2) is 34.6 Å². The van der Waals surface area contributed by atoms with Crippen molar-refractivity contribution in [3.8, 4) is 0 Å². The second-order valence-electron chi connectivity index (χ2n) is 5.47. The average Bonchev–Trinajstić information content (AvgIpc) is 2.96. The number of nitrogens with one attached hydrogen (secondary N) is 1. The van der Waals surface area contributed by atoms with E-state index in [1.807, 2.05) is 0 Å². The number of aryl methyl sites for hydroxylation is 1. The van der Waals surface area contributed by atoms with Crippen molar-refractivity contribution in [3.63, 3.8) is 0 Å². The zero-order valence-corrected chi connectivity index (χ0v) is 13.1. The predicted octanol–water partition coefficient (Wildman–Crippen LogP) is 2.12. The lowest BCUT2D eigenvalue weighted by Gasteiger charge is -2.28. The van der Waals surface area contributed by atoms with Gasteiger partial charge in [-0.25, -0.2) is 4.98 Å². The van der Waals surface area contributed by atoms with Crippen LogP contribution in [0.4, 0.5) is 0 Å². The number of amides is 1. The van der Waals surface area contributed by atoms with Gasteiger partial charge < -0.3 is 15.2 Å². The van der Waals surface area contributed by atoms with E-state index in [0.29, 0.717) is 30.0 Å². The zero-order valence-electron chi connectivity index (χ0n) is 12.3. The first-order valence-corrected chi connectivity index (χ1v) is 7.77. The van der Waals surface area contributed by atoms with Gasteiger partial charge in [0.1, 0.15) is 9.88 Å². The molecule has 0 atom stereocenters. The molecule has 1 aliphatic rings. The van der Waals surface area contributed by atoms with Gasteiger partial charge in [0.25, 0.3) is 5.91 Å². The molecule has 2 N–H and O–H groups in total. The molecule has 2 rings (SSSR count). The number of ether oxygens (including phenoxy) is 1. The van der Waals surface area contributed by atoms with Crippen molar-refractivity contribution >= 4 is 23.2 Å². The largest absolute Gasteiger partial charge is 0.481 e. The highest BCUT2D eigenvalue weighted by molar-refractivity contribution is 7.13. The summed E-state index contributed by atoms with van der Waals surface area (Å²) < 4.78 is 5.02. The van der Waals surface area contributed by atoms with Gasteiger partial charge in [0.2, 0.25) is 0 Å². The number of nitrogens with zero attached hydrogens (tertiary/aromatic N) is 1. The lowest BCUT2D eigenvalue weighted by Crippen LogP contribution is -2.47. The molecule has 0 aromatic carbocycles. The summed E-state index contributed by atoms with van der Waals surface area (Å²) in [4.78, 5) is 28.3. The predicted molar refractivity (Wildman–Crippen MR) is 78.5 cm³/mol. The van der Waals surface area contributed by atoms with Crippen molar-refractivity contribution in [2.75, 3.05) is 7.11 Å². The van der Waals surface area contributed by atoms with E-state index in [4.69, 9.17) is 9.84 Å². The van der Waals surface area contributed by atoms with Gasteiger partial charge >= 0.3 is 5.97 Å². The highest BCUT2D eigenvalue weighted by Gasteiger charge is 2.38. The molecule has 7 heteroatoms. The maximum atomic E-state index is 12.5. The summed E-state index contributed by atoms with van der Waals surface area (Å²) in [5.74, 6) is -1.10. The Morgan fingerprint density at radius 1 is 1.43 bits per heavy atom. The fourth-order valence-corrected chi connectivity index (χ4v) is 3.77. The van der Waals surface area contributed by atoms with Crippen LogP contribution in [-0.2, 0) is 16.1 Å². The number of aliphatic carboxylic acids is 1. The van der Waals surface area contributed by atoms with Crippen LogP contribution in [0.1, 0.15) is 52.5 Å². The molecule has 0 aliphatic heterocycles. The molecule has 1 aromatic heterocycles. The van der Waals surface area contributed by atoms with Crippen molar-refractivity contribution in [1.29, 1.82) is 0 Å². The molecule has 0 bridgehead atoms. The minimum absolute atomic E-state index is 0.0263. The third-order valence-electron chi connectivity index (χ3n) is 3.74. The van der Waals surface area contributed by atoms with Gasteiger partial charge in [-0.05, 0) is 19.8 Å². The van der Waals surface area contributed by atoms with Gasteiger partial charge in [-0.2, -0.15) is 0 Å². The number of aromatic nitrogens is 1. The lowest BCUT2D eigenvalue weighted by molar-refractivity contribution is -0.138. The van der Waals surface area contributed by atoms with Gasteiger partial charge in [-0.3, -0.25) is 9.59 Å². The molecule has 1 amide bonds. The molecular formula is C14H20N2O4S. The van der Waals surface area contributed by atoms with Crippen molar-refractivity contribution < 1.29 is 19.4 Å². The molecule has 21 heavy (non-hydrogen) atoms. The van der Waals surface area contributed by atoms with Crippen LogP contribution in [0.2, 0.25) is 0 Å². The molecule has 0 unspecified atom stereocenters. The fraction of sp³-hybridized carbons (Fsp3) is 0.643. The zero-order chi connectivity index (χ0) is 15.5. The van der Waals surface area contributed by atoms with E-state index < -0.39 is 11.5 Å². The van der Waals surface area contributed by atoms with Gasteiger partial charge in [-0.1, -0.05) is 12.8 Å². The fourth-order valence-electron chi connectivity index (χ4n) is 2.83.